The highest BCUT2D eigenvalue weighted by Crippen LogP contribution is 2.27. The van der Waals surface area contributed by atoms with Gasteiger partial charge in [0.2, 0.25) is 5.91 Å². The van der Waals surface area contributed by atoms with E-state index in [-0.39, 0.29) is 18.3 Å². The third-order valence-electron chi connectivity index (χ3n) is 4.48. The van der Waals surface area contributed by atoms with Crippen LogP contribution < -0.4 is 10.6 Å². The van der Waals surface area contributed by atoms with Crippen molar-refractivity contribution in [3.05, 3.63) is 65.0 Å². The first-order valence-corrected chi connectivity index (χ1v) is 8.58. The number of nitrogens with one attached hydrogen (secondary N) is 2. The van der Waals surface area contributed by atoms with Gasteiger partial charge in [0.15, 0.2) is 0 Å². The van der Waals surface area contributed by atoms with Gasteiger partial charge in [0.05, 0.1) is 6.54 Å². The number of hydrogen-bond acceptors (Lipinski definition) is 2. The van der Waals surface area contributed by atoms with Crippen LogP contribution in [0.5, 0.6) is 0 Å². The van der Waals surface area contributed by atoms with Crippen LogP contribution in [0.4, 0.5) is 10.1 Å². The molecule has 2 aromatic carbocycles. The maximum atomic E-state index is 12.8. The molecule has 3 rings (SSSR count). The summed E-state index contributed by atoms with van der Waals surface area (Å²) in [5.41, 5.74) is 4.87. The monoisotopic (exact) mass is 326 g/mol. The molecule has 0 unspecified atom stereocenters. The minimum atomic E-state index is -0.238. The lowest BCUT2D eigenvalue weighted by Gasteiger charge is -2.20. The first kappa shape index (κ1) is 16.5. The van der Waals surface area contributed by atoms with Crippen molar-refractivity contribution in [2.24, 2.45) is 0 Å². The SMILES string of the molecule is O=C(CNc1cccc2c1CCCC2)NCCc1ccc(F)cc1. The largest absolute Gasteiger partial charge is 0.376 e. The van der Waals surface area contributed by atoms with Crippen LogP contribution in [-0.2, 0) is 24.1 Å². The standard InChI is InChI=1S/C20H23FN2O/c21-17-10-8-15(9-11-17)12-13-22-20(24)14-23-19-7-3-5-16-4-1-2-6-18(16)19/h3,5,7-11,23H,1-2,4,6,12-14H2,(H,22,24). The molecule has 0 heterocycles. The molecule has 0 bridgehead atoms. The van der Waals surface area contributed by atoms with Crippen LogP contribution in [0.15, 0.2) is 42.5 Å². The van der Waals surface area contributed by atoms with Gasteiger partial charge in [-0.25, -0.2) is 4.39 Å². The fourth-order valence-electron chi connectivity index (χ4n) is 3.18. The molecule has 0 saturated heterocycles. The second kappa shape index (κ2) is 7.95. The normalized spacial score (nSPS) is 13.2. The summed E-state index contributed by atoms with van der Waals surface area (Å²) in [6.07, 6.45) is 5.39. The lowest BCUT2D eigenvalue weighted by Crippen LogP contribution is -2.31. The fraction of sp³-hybridized carbons (Fsp3) is 0.350. The number of anilines is 1. The molecule has 4 heteroatoms. The Kier molecular flexibility index (Phi) is 5.47. The molecule has 1 aliphatic rings. The molecule has 0 radical (unpaired) electrons. The van der Waals surface area contributed by atoms with Gasteiger partial charge in [-0.05, 0) is 67.0 Å². The van der Waals surface area contributed by atoms with Gasteiger partial charge in [0.25, 0.3) is 0 Å². The highest BCUT2D eigenvalue weighted by atomic mass is 19.1. The van der Waals surface area contributed by atoms with Gasteiger partial charge in [-0.3, -0.25) is 4.79 Å². The average molecular weight is 326 g/mol. The number of carbonyl (C=O) groups is 1. The van der Waals surface area contributed by atoms with E-state index in [2.05, 4.69) is 28.8 Å². The number of fused-ring (bicyclic) bond motifs is 1. The molecule has 24 heavy (non-hydrogen) atoms. The van der Waals surface area contributed by atoms with Gasteiger partial charge < -0.3 is 10.6 Å². The molecule has 0 atom stereocenters. The number of rotatable bonds is 6. The molecule has 0 fully saturated rings. The second-order valence-corrected chi connectivity index (χ2v) is 6.23. The molecule has 0 spiro atoms. The zero-order valence-corrected chi connectivity index (χ0v) is 13.8. The van der Waals surface area contributed by atoms with E-state index in [1.165, 1.54) is 36.1 Å². The van der Waals surface area contributed by atoms with Crippen LogP contribution in [-0.4, -0.2) is 19.0 Å². The van der Waals surface area contributed by atoms with Crippen molar-refractivity contribution in [1.82, 2.24) is 5.32 Å². The molecule has 1 amide bonds. The minimum Gasteiger partial charge on any atom is -0.376 e. The summed E-state index contributed by atoms with van der Waals surface area (Å²) >= 11 is 0. The van der Waals surface area contributed by atoms with E-state index in [0.29, 0.717) is 13.0 Å². The molecule has 126 valence electrons. The number of benzene rings is 2. The van der Waals surface area contributed by atoms with Crippen molar-refractivity contribution in [2.75, 3.05) is 18.4 Å². The Morgan fingerprint density at radius 3 is 2.67 bits per heavy atom. The topological polar surface area (TPSA) is 41.1 Å². The van der Waals surface area contributed by atoms with E-state index in [1.807, 2.05) is 0 Å². The predicted octanol–water partition coefficient (Wildman–Crippen LogP) is 3.48. The van der Waals surface area contributed by atoms with Crippen LogP contribution in [0.2, 0.25) is 0 Å². The van der Waals surface area contributed by atoms with Crippen LogP contribution in [0.25, 0.3) is 0 Å². The van der Waals surface area contributed by atoms with Crippen LogP contribution in [0, 0.1) is 5.82 Å². The summed E-state index contributed by atoms with van der Waals surface area (Å²) < 4.78 is 12.8. The van der Waals surface area contributed by atoms with Gasteiger partial charge in [-0.1, -0.05) is 24.3 Å². The summed E-state index contributed by atoms with van der Waals surface area (Å²) in [5, 5.41) is 6.17. The third kappa shape index (κ3) is 4.34. The molecular weight excluding hydrogens is 303 g/mol. The lowest BCUT2D eigenvalue weighted by molar-refractivity contribution is -0.119. The van der Waals surface area contributed by atoms with E-state index in [0.717, 1.165) is 24.1 Å². The average Bonchev–Trinajstić information content (AvgIpc) is 2.61. The maximum absolute atomic E-state index is 12.8. The molecule has 0 aliphatic heterocycles. The van der Waals surface area contributed by atoms with E-state index < -0.39 is 0 Å². The summed E-state index contributed by atoms with van der Waals surface area (Å²) in [6, 6.07) is 12.7. The van der Waals surface area contributed by atoms with Crippen molar-refractivity contribution in [3.63, 3.8) is 0 Å². The molecule has 0 aromatic heterocycles. The first-order chi connectivity index (χ1) is 11.7. The maximum Gasteiger partial charge on any atom is 0.239 e. The van der Waals surface area contributed by atoms with E-state index in [9.17, 15) is 9.18 Å². The Labute approximate surface area is 142 Å². The van der Waals surface area contributed by atoms with E-state index in [4.69, 9.17) is 0 Å². The van der Waals surface area contributed by atoms with E-state index in [1.54, 1.807) is 12.1 Å². The lowest BCUT2D eigenvalue weighted by atomic mass is 9.90. The molecular formula is C20H23FN2O. The smallest absolute Gasteiger partial charge is 0.239 e. The zero-order chi connectivity index (χ0) is 16.8. The second-order valence-electron chi connectivity index (χ2n) is 6.23. The van der Waals surface area contributed by atoms with Crippen molar-refractivity contribution in [3.8, 4) is 0 Å². The molecule has 3 nitrogen and oxygen atoms in total. The number of carbonyl (C=O) groups excluding carboxylic acids is 1. The Balaban J connectivity index is 1.45. The Morgan fingerprint density at radius 1 is 1.04 bits per heavy atom. The quantitative estimate of drug-likeness (QED) is 0.853. The molecule has 1 aliphatic carbocycles. The van der Waals surface area contributed by atoms with Gasteiger partial charge in [-0.15, -0.1) is 0 Å². The summed E-state index contributed by atoms with van der Waals surface area (Å²) in [7, 11) is 0. The highest BCUT2D eigenvalue weighted by Gasteiger charge is 2.13. The minimum absolute atomic E-state index is 0.0227. The van der Waals surface area contributed by atoms with Crippen molar-refractivity contribution < 1.29 is 9.18 Å². The third-order valence-corrected chi connectivity index (χ3v) is 4.48. The van der Waals surface area contributed by atoms with Crippen molar-refractivity contribution in [2.45, 2.75) is 32.1 Å². The molecule has 2 aromatic rings. The Bertz CT molecular complexity index is 697. The van der Waals surface area contributed by atoms with Crippen molar-refractivity contribution in [1.29, 1.82) is 0 Å². The van der Waals surface area contributed by atoms with Gasteiger partial charge >= 0.3 is 0 Å². The highest BCUT2D eigenvalue weighted by molar-refractivity contribution is 5.81. The zero-order valence-electron chi connectivity index (χ0n) is 13.8. The van der Waals surface area contributed by atoms with Crippen LogP contribution in [0.1, 0.15) is 29.5 Å². The van der Waals surface area contributed by atoms with Crippen molar-refractivity contribution >= 4 is 11.6 Å². The van der Waals surface area contributed by atoms with Gasteiger partial charge in [0.1, 0.15) is 5.82 Å². The Hall–Kier alpha value is -2.36. The van der Waals surface area contributed by atoms with Crippen LogP contribution >= 0.6 is 0 Å². The first-order valence-electron chi connectivity index (χ1n) is 8.58. The number of hydrogen-bond donors (Lipinski definition) is 2. The number of halogens is 1. The predicted molar refractivity (Wildman–Crippen MR) is 94.7 cm³/mol. The Morgan fingerprint density at radius 2 is 1.83 bits per heavy atom. The van der Waals surface area contributed by atoms with Gasteiger partial charge in [-0.2, -0.15) is 0 Å². The summed E-state index contributed by atoms with van der Waals surface area (Å²) in [5.74, 6) is -0.260. The molecule has 2 N–H and O–H groups in total. The van der Waals surface area contributed by atoms with Gasteiger partial charge in [0, 0.05) is 12.2 Å². The molecule has 0 saturated carbocycles. The number of aryl methyl sites for hydroxylation is 1. The summed E-state index contributed by atoms with van der Waals surface area (Å²) in [4.78, 5) is 12.0. The number of amides is 1. The summed E-state index contributed by atoms with van der Waals surface area (Å²) in [6.45, 7) is 0.832. The van der Waals surface area contributed by atoms with Crippen LogP contribution in [0.3, 0.4) is 0 Å². The fourth-order valence-corrected chi connectivity index (χ4v) is 3.18. The van der Waals surface area contributed by atoms with E-state index >= 15 is 0 Å².